The van der Waals surface area contributed by atoms with Gasteiger partial charge in [0.05, 0.1) is 6.17 Å². The smallest absolute Gasteiger partial charge is 0.161 e. The van der Waals surface area contributed by atoms with Crippen molar-refractivity contribution in [1.82, 2.24) is 19.4 Å². The molecule has 0 spiro atoms. The van der Waals surface area contributed by atoms with Gasteiger partial charge in [-0.3, -0.25) is 9.47 Å². The van der Waals surface area contributed by atoms with Crippen LogP contribution >= 0.6 is 11.8 Å². The molecular weight excluding hydrogens is 292 g/mol. The van der Waals surface area contributed by atoms with E-state index in [1.54, 1.807) is 0 Å². The van der Waals surface area contributed by atoms with Crippen LogP contribution in [0.15, 0.2) is 18.3 Å². The number of likely N-dealkylation sites (tertiary alicyclic amines) is 1. The first-order chi connectivity index (χ1) is 10.8. The highest BCUT2D eigenvalue weighted by Crippen LogP contribution is 2.38. The van der Waals surface area contributed by atoms with Crippen molar-refractivity contribution in [2.24, 2.45) is 0 Å². The third-order valence-corrected chi connectivity index (χ3v) is 6.16. The monoisotopic (exact) mass is 316 g/mol. The number of hydrogen-bond acceptors (Lipinski definition) is 4. The van der Waals surface area contributed by atoms with Gasteiger partial charge in [0.25, 0.3) is 0 Å². The topological polar surface area (TPSA) is 34.0 Å². The van der Waals surface area contributed by atoms with Gasteiger partial charge in [0.2, 0.25) is 0 Å². The Morgan fingerprint density at radius 2 is 2.23 bits per heavy atom. The Labute approximate surface area is 136 Å². The zero-order chi connectivity index (χ0) is 15.1. The van der Waals surface area contributed by atoms with Crippen molar-refractivity contribution in [1.29, 1.82) is 0 Å². The summed E-state index contributed by atoms with van der Waals surface area (Å²) in [6.45, 7) is 5.79. The Hall–Kier alpha value is -1.07. The van der Waals surface area contributed by atoms with Gasteiger partial charge < -0.3 is 0 Å². The second-order valence-electron chi connectivity index (χ2n) is 6.70. The Morgan fingerprint density at radius 3 is 3.00 bits per heavy atom. The first kappa shape index (κ1) is 14.5. The van der Waals surface area contributed by atoms with Crippen LogP contribution in [0, 0.1) is 0 Å². The minimum absolute atomic E-state index is 0.431. The molecule has 5 heteroatoms. The van der Waals surface area contributed by atoms with Crippen molar-refractivity contribution < 1.29 is 0 Å². The summed E-state index contributed by atoms with van der Waals surface area (Å²) in [5.41, 5.74) is 2.14. The number of pyridine rings is 1. The maximum Gasteiger partial charge on any atom is 0.161 e. The molecule has 0 saturated carbocycles. The van der Waals surface area contributed by atoms with E-state index in [0.29, 0.717) is 18.1 Å². The van der Waals surface area contributed by atoms with Gasteiger partial charge in [0.1, 0.15) is 11.3 Å². The van der Waals surface area contributed by atoms with Crippen molar-refractivity contribution in [3.05, 3.63) is 24.2 Å². The third-order valence-electron chi connectivity index (χ3n) is 4.99. The molecule has 4 nitrogen and oxygen atoms in total. The summed E-state index contributed by atoms with van der Waals surface area (Å²) in [6, 6.07) is 4.68. The van der Waals surface area contributed by atoms with Crippen LogP contribution in [0.3, 0.4) is 0 Å². The molecule has 0 bridgehead atoms. The molecule has 0 aliphatic carbocycles. The van der Waals surface area contributed by atoms with E-state index < -0.39 is 0 Å². The average molecular weight is 316 g/mol. The highest BCUT2D eigenvalue weighted by molar-refractivity contribution is 7.99. The maximum atomic E-state index is 4.99. The molecule has 4 rings (SSSR count). The van der Waals surface area contributed by atoms with Gasteiger partial charge in [-0.1, -0.05) is 0 Å². The molecule has 22 heavy (non-hydrogen) atoms. The van der Waals surface area contributed by atoms with E-state index >= 15 is 0 Å². The molecule has 2 unspecified atom stereocenters. The number of rotatable bonds is 3. The molecule has 4 heterocycles. The number of hydrogen-bond donors (Lipinski definition) is 0. The first-order valence-corrected chi connectivity index (χ1v) is 9.57. The van der Waals surface area contributed by atoms with E-state index in [1.165, 1.54) is 43.1 Å². The van der Waals surface area contributed by atoms with Gasteiger partial charge in [-0.25, -0.2) is 9.97 Å². The largest absolute Gasteiger partial charge is 0.296 e. The lowest BCUT2D eigenvalue weighted by Crippen LogP contribution is -2.34. The highest BCUT2D eigenvalue weighted by atomic mass is 32.2. The zero-order valence-electron chi connectivity index (χ0n) is 13.4. The predicted octanol–water partition coefficient (Wildman–Crippen LogP) is 3.65. The SMILES string of the molecule is CC(C)N1CCCC1n1c(C2CCSC2)nc2cccnc21. The van der Waals surface area contributed by atoms with Gasteiger partial charge in [-0.2, -0.15) is 11.8 Å². The van der Waals surface area contributed by atoms with Gasteiger partial charge >= 0.3 is 0 Å². The van der Waals surface area contributed by atoms with Crippen LogP contribution < -0.4 is 0 Å². The number of imidazole rings is 1. The summed E-state index contributed by atoms with van der Waals surface area (Å²) in [5, 5.41) is 0. The number of fused-ring (bicyclic) bond motifs is 1. The van der Waals surface area contributed by atoms with Crippen LogP contribution in [0.5, 0.6) is 0 Å². The second-order valence-corrected chi connectivity index (χ2v) is 7.85. The van der Waals surface area contributed by atoms with Crippen molar-refractivity contribution in [3.63, 3.8) is 0 Å². The number of aromatic nitrogens is 3. The Kier molecular flexibility index (Phi) is 3.86. The quantitative estimate of drug-likeness (QED) is 0.865. The van der Waals surface area contributed by atoms with Crippen molar-refractivity contribution in [2.75, 3.05) is 18.1 Å². The van der Waals surface area contributed by atoms with Gasteiger partial charge in [0.15, 0.2) is 5.65 Å². The number of nitrogens with zero attached hydrogens (tertiary/aromatic N) is 4. The van der Waals surface area contributed by atoms with Crippen molar-refractivity contribution in [3.8, 4) is 0 Å². The van der Waals surface area contributed by atoms with E-state index in [9.17, 15) is 0 Å². The van der Waals surface area contributed by atoms with E-state index in [0.717, 1.165) is 11.2 Å². The Morgan fingerprint density at radius 1 is 1.32 bits per heavy atom. The highest BCUT2D eigenvalue weighted by Gasteiger charge is 2.34. The molecule has 2 aromatic rings. The molecular formula is C17H24N4S. The maximum absolute atomic E-state index is 4.99. The molecule has 0 N–H and O–H groups in total. The van der Waals surface area contributed by atoms with Crippen LogP contribution in [0.2, 0.25) is 0 Å². The zero-order valence-corrected chi connectivity index (χ0v) is 14.2. The fourth-order valence-corrected chi connectivity index (χ4v) is 5.14. The molecule has 0 amide bonds. The Balaban J connectivity index is 1.85. The standard InChI is InChI=1S/C17H24N4S/c1-12(2)20-9-4-6-15(20)21-16(13-7-10-22-11-13)19-14-5-3-8-18-17(14)21/h3,5,8,12-13,15H,4,6-7,9-11H2,1-2H3. The lowest BCUT2D eigenvalue weighted by Gasteiger charge is -2.31. The summed E-state index contributed by atoms with van der Waals surface area (Å²) in [7, 11) is 0. The summed E-state index contributed by atoms with van der Waals surface area (Å²) in [4.78, 5) is 12.3. The summed E-state index contributed by atoms with van der Waals surface area (Å²) in [5.74, 6) is 4.34. The number of thioether (sulfide) groups is 1. The van der Waals surface area contributed by atoms with E-state index in [4.69, 9.17) is 4.98 Å². The molecule has 2 aliphatic rings. The van der Waals surface area contributed by atoms with Crippen LogP contribution in [0.25, 0.3) is 11.2 Å². The lowest BCUT2D eigenvalue weighted by atomic mass is 10.1. The minimum Gasteiger partial charge on any atom is -0.296 e. The fourth-order valence-electron chi connectivity index (χ4n) is 3.92. The van der Waals surface area contributed by atoms with E-state index in [-0.39, 0.29) is 0 Å². The molecule has 2 aliphatic heterocycles. The average Bonchev–Trinajstić information content (AvgIpc) is 3.24. The van der Waals surface area contributed by atoms with Crippen LogP contribution in [-0.4, -0.2) is 43.5 Å². The van der Waals surface area contributed by atoms with E-state index in [1.807, 2.05) is 12.3 Å². The molecule has 2 atom stereocenters. The third kappa shape index (κ3) is 2.35. The Bertz CT molecular complexity index is 660. The van der Waals surface area contributed by atoms with Crippen molar-refractivity contribution in [2.45, 2.75) is 51.2 Å². The second kappa shape index (κ2) is 5.85. The molecule has 118 valence electrons. The van der Waals surface area contributed by atoms with E-state index in [2.05, 4.69) is 46.1 Å². The normalized spacial score (nSPS) is 26.5. The lowest BCUT2D eigenvalue weighted by molar-refractivity contribution is 0.151. The van der Waals surface area contributed by atoms with Crippen LogP contribution in [-0.2, 0) is 0 Å². The van der Waals surface area contributed by atoms with Crippen molar-refractivity contribution >= 4 is 22.9 Å². The van der Waals surface area contributed by atoms with Crippen LogP contribution in [0.4, 0.5) is 0 Å². The minimum atomic E-state index is 0.431. The summed E-state index contributed by atoms with van der Waals surface area (Å²) < 4.78 is 2.47. The molecule has 0 aromatic carbocycles. The molecule has 0 radical (unpaired) electrons. The summed E-state index contributed by atoms with van der Waals surface area (Å²) >= 11 is 2.06. The fraction of sp³-hybridized carbons (Fsp3) is 0.647. The first-order valence-electron chi connectivity index (χ1n) is 8.42. The molecule has 2 aromatic heterocycles. The molecule has 2 fully saturated rings. The van der Waals surface area contributed by atoms with Gasteiger partial charge in [-0.05, 0) is 51.0 Å². The summed E-state index contributed by atoms with van der Waals surface area (Å²) in [6.07, 6.45) is 6.08. The van der Waals surface area contributed by atoms with Gasteiger partial charge in [0, 0.05) is 30.5 Å². The predicted molar refractivity (Wildman–Crippen MR) is 92.3 cm³/mol. The molecule has 2 saturated heterocycles. The van der Waals surface area contributed by atoms with Crippen LogP contribution in [0.1, 0.15) is 51.0 Å². The van der Waals surface area contributed by atoms with Gasteiger partial charge in [-0.15, -0.1) is 0 Å².